The Morgan fingerprint density at radius 2 is 1.47 bits per heavy atom. The summed E-state index contributed by atoms with van der Waals surface area (Å²) in [4.78, 5) is 11.0. The van der Waals surface area contributed by atoms with E-state index < -0.39 is 0 Å². The normalized spacial score (nSPS) is 9.53. The fourth-order valence-electron chi connectivity index (χ4n) is 1.57. The lowest BCUT2D eigenvalue weighted by Crippen LogP contribution is -2.22. The minimum atomic E-state index is -0.154. The molecule has 1 amide bonds. The monoisotopic (exact) mass is 461 g/mol. The number of carbonyl (C=O) groups excluding carboxylic acids is 1. The maximum Gasteiger partial charge on any atom is 0.296 e. The molecule has 17 heavy (non-hydrogen) atoms. The standard InChI is InChI=1S/C13H21I2NO/c14-10-7-5-3-1-2-4-6-8-12-16-13(17)9-11-15/h1-8,10,12H2,(H,16,17). The second-order valence-corrected chi connectivity index (χ2v) is 5.61. The first kappa shape index (κ1) is 17.5. The Kier molecular flexibility index (Phi) is 15.0. The van der Waals surface area contributed by atoms with Crippen LogP contribution in [0.4, 0.5) is 0 Å². The van der Waals surface area contributed by atoms with Gasteiger partial charge in [-0.15, -0.1) is 0 Å². The Morgan fingerprint density at radius 1 is 0.941 bits per heavy atom. The second kappa shape index (κ2) is 14.6. The highest BCUT2D eigenvalue weighted by atomic mass is 127. The van der Waals surface area contributed by atoms with E-state index in [1.54, 1.807) is 0 Å². The Balaban J connectivity index is 3.07. The van der Waals surface area contributed by atoms with E-state index >= 15 is 0 Å². The summed E-state index contributed by atoms with van der Waals surface area (Å²) < 4.78 is 3.85. The molecule has 0 unspecified atom stereocenters. The van der Waals surface area contributed by atoms with E-state index in [4.69, 9.17) is 0 Å². The summed E-state index contributed by atoms with van der Waals surface area (Å²) in [6, 6.07) is 0. The number of rotatable bonds is 10. The van der Waals surface area contributed by atoms with Crippen LogP contribution in [0.2, 0.25) is 0 Å². The first-order valence-corrected chi connectivity index (χ1v) is 8.87. The van der Waals surface area contributed by atoms with Gasteiger partial charge in [0, 0.05) is 35.1 Å². The summed E-state index contributed by atoms with van der Waals surface area (Å²) in [5, 5.41) is 2.78. The molecule has 0 atom stereocenters. The van der Waals surface area contributed by atoms with E-state index in [0.717, 1.165) is 13.0 Å². The molecule has 0 aromatic heterocycles. The van der Waals surface area contributed by atoms with Crippen molar-refractivity contribution in [1.82, 2.24) is 5.32 Å². The van der Waals surface area contributed by atoms with Crippen LogP contribution in [0, 0.1) is 9.85 Å². The van der Waals surface area contributed by atoms with E-state index in [0.29, 0.717) is 0 Å². The molecule has 0 rings (SSSR count). The molecule has 0 saturated heterocycles. The molecule has 98 valence electrons. The fourth-order valence-corrected chi connectivity index (χ4v) is 2.35. The molecule has 2 nitrogen and oxygen atoms in total. The molecule has 0 heterocycles. The fraction of sp³-hybridized carbons (Fsp3) is 0.769. The van der Waals surface area contributed by atoms with Gasteiger partial charge in [0.05, 0.1) is 0 Å². The largest absolute Gasteiger partial charge is 0.345 e. The van der Waals surface area contributed by atoms with Crippen LogP contribution in [-0.4, -0.2) is 16.9 Å². The zero-order valence-electron chi connectivity index (χ0n) is 10.2. The molecule has 4 heteroatoms. The minimum absolute atomic E-state index is 0.154. The average Bonchev–Trinajstić information content (AvgIpc) is 2.32. The molecule has 0 aliphatic carbocycles. The third-order valence-corrected chi connectivity index (χ3v) is 3.54. The van der Waals surface area contributed by atoms with Crippen molar-refractivity contribution in [3.63, 3.8) is 0 Å². The van der Waals surface area contributed by atoms with Crippen LogP contribution in [0.15, 0.2) is 0 Å². The number of alkyl halides is 1. The molecule has 0 saturated carbocycles. The van der Waals surface area contributed by atoms with Gasteiger partial charge in [0.15, 0.2) is 0 Å². The van der Waals surface area contributed by atoms with Gasteiger partial charge in [0.1, 0.15) is 0 Å². The summed E-state index contributed by atoms with van der Waals surface area (Å²) in [5.74, 6) is 2.31. The number of carbonyl (C=O) groups is 1. The summed E-state index contributed by atoms with van der Waals surface area (Å²) in [5.41, 5.74) is 0. The lowest BCUT2D eigenvalue weighted by molar-refractivity contribution is -0.115. The van der Waals surface area contributed by atoms with Crippen molar-refractivity contribution < 1.29 is 4.79 Å². The highest BCUT2D eigenvalue weighted by Crippen LogP contribution is 2.08. The van der Waals surface area contributed by atoms with Gasteiger partial charge in [0.25, 0.3) is 5.91 Å². The van der Waals surface area contributed by atoms with Gasteiger partial charge in [-0.2, -0.15) is 0 Å². The molecular formula is C13H21I2NO. The number of amides is 1. The van der Waals surface area contributed by atoms with Gasteiger partial charge in [-0.25, -0.2) is 0 Å². The van der Waals surface area contributed by atoms with Crippen LogP contribution in [0.5, 0.6) is 0 Å². The smallest absolute Gasteiger partial charge is 0.296 e. The van der Waals surface area contributed by atoms with Crippen LogP contribution in [-0.2, 0) is 4.79 Å². The van der Waals surface area contributed by atoms with Gasteiger partial charge in [-0.1, -0.05) is 61.1 Å². The number of nitrogens with one attached hydrogen (secondary N) is 1. The van der Waals surface area contributed by atoms with Crippen molar-refractivity contribution in [1.29, 1.82) is 0 Å². The Labute approximate surface area is 132 Å². The molecule has 1 N–H and O–H groups in total. The predicted octanol–water partition coefficient (Wildman–Crippen LogP) is 4.05. The lowest BCUT2D eigenvalue weighted by atomic mass is 10.1. The van der Waals surface area contributed by atoms with E-state index in [1.807, 2.05) is 22.6 Å². The zero-order chi connectivity index (χ0) is 12.8. The van der Waals surface area contributed by atoms with Crippen molar-refractivity contribution in [2.45, 2.75) is 51.4 Å². The molecule has 0 aliphatic rings. The quantitative estimate of drug-likeness (QED) is 0.226. The zero-order valence-corrected chi connectivity index (χ0v) is 14.6. The van der Waals surface area contributed by atoms with Crippen molar-refractivity contribution in [2.24, 2.45) is 0 Å². The Morgan fingerprint density at radius 3 is 2.00 bits per heavy atom. The average molecular weight is 461 g/mol. The third-order valence-electron chi connectivity index (χ3n) is 2.51. The van der Waals surface area contributed by atoms with Crippen molar-refractivity contribution in [2.75, 3.05) is 11.0 Å². The molecule has 0 aromatic carbocycles. The van der Waals surface area contributed by atoms with Crippen LogP contribution >= 0.6 is 45.2 Å². The summed E-state index contributed by atoms with van der Waals surface area (Å²) in [6.45, 7) is 0.763. The van der Waals surface area contributed by atoms with Gasteiger partial charge < -0.3 is 5.32 Å². The molecular weight excluding hydrogens is 440 g/mol. The van der Waals surface area contributed by atoms with E-state index in [9.17, 15) is 4.79 Å². The van der Waals surface area contributed by atoms with Crippen molar-refractivity contribution >= 4 is 51.1 Å². The number of hydrogen-bond acceptors (Lipinski definition) is 1. The highest BCUT2D eigenvalue weighted by molar-refractivity contribution is 14.1. The molecule has 0 radical (unpaired) electrons. The van der Waals surface area contributed by atoms with E-state index in [2.05, 4.69) is 37.8 Å². The van der Waals surface area contributed by atoms with Crippen LogP contribution in [0.3, 0.4) is 0 Å². The minimum Gasteiger partial charge on any atom is -0.345 e. The van der Waals surface area contributed by atoms with Gasteiger partial charge in [-0.3, -0.25) is 4.79 Å². The van der Waals surface area contributed by atoms with Crippen molar-refractivity contribution in [3.8, 4) is 9.85 Å². The summed E-state index contributed by atoms with van der Waals surface area (Å²) in [7, 11) is 0. The van der Waals surface area contributed by atoms with Gasteiger partial charge in [0.2, 0.25) is 0 Å². The number of hydrogen-bond donors (Lipinski definition) is 1. The Hall–Kier alpha value is 0.490. The lowest BCUT2D eigenvalue weighted by Gasteiger charge is -2.02. The number of unbranched alkanes of at least 4 members (excludes halogenated alkanes) is 7. The summed E-state index contributed by atoms with van der Waals surface area (Å²) >= 11 is 4.31. The second-order valence-electron chi connectivity index (χ2n) is 3.99. The van der Waals surface area contributed by atoms with Crippen molar-refractivity contribution in [3.05, 3.63) is 0 Å². The highest BCUT2D eigenvalue weighted by Gasteiger charge is 1.95. The molecule has 0 bridgehead atoms. The SMILES string of the molecule is O=C(C#CI)NCCCCCCCCCCI. The molecule has 0 aromatic rings. The maximum absolute atomic E-state index is 11.0. The van der Waals surface area contributed by atoms with Crippen LogP contribution < -0.4 is 5.32 Å². The van der Waals surface area contributed by atoms with E-state index in [-0.39, 0.29) is 5.91 Å². The molecule has 0 aliphatic heterocycles. The topological polar surface area (TPSA) is 29.1 Å². The summed E-state index contributed by atoms with van der Waals surface area (Å²) in [6.07, 6.45) is 10.4. The maximum atomic E-state index is 11.0. The molecule has 0 fully saturated rings. The third kappa shape index (κ3) is 14.4. The predicted molar refractivity (Wildman–Crippen MR) is 90.6 cm³/mol. The van der Waals surface area contributed by atoms with Crippen LogP contribution in [0.1, 0.15) is 51.4 Å². The first-order chi connectivity index (χ1) is 8.31. The molecule has 0 spiro atoms. The first-order valence-electron chi connectivity index (χ1n) is 6.26. The van der Waals surface area contributed by atoms with Gasteiger partial charge in [-0.05, 0) is 21.2 Å². The number of halogens is 2. The Bertz CT molecular complexity index is 246. The van der Waals surface area contributed by atoms with Crippen LogP contribution in [0.25, 0.3) is 0 Å². The van der Waals surface area contributed by atoms with Gasteiger partial charge >= 0.3 is 0 Å². The van der Waals surface area contributed by atoms with E-state index in [1.165, 1.54) is 49.4 Å².